The standard InChI is InChI=1S/C16H30N2S/c1-3-13-11-17-10-6-7-14(17)12-18(13)15-8-4-5-9-16(15)19-2/h13-16H,3-12H2,1-2H3. The molecule has 3 rings (SSSR count). The van der Waals surface area contributed by atoms with E-state index in [-0.39, 0.29) is 0 Å². The largest absolute Gasteiger partial charge is 0.298 e. The zero-order valence-corrected chi connectivity index (χ0v) is 13.5. The van der Waals surface area contributed by atoms with E-state index in [1.807, 2.05) is 0 Å². The number of thioether (sulfide) groups is 1. The molecule has 1 saturated carbocycles. The van der Waals surface area contributed by atoms with Crippen molar-refractivity contribution in [1.29, 1.82) is 0 Å². The quantitative estimate of drug-likeness (QED) is 0.785. The number of nitrogens with zero attached hydrogens (tertiary/aromatic N) is 2. The first-order valence-electron chi connectivity index (χ1n) is 8.36. The van der Waals surface area contributed by atoms with Crippen molar-refractivity contribution in [1.82, 2.24) is 9.80 Å². The van der Waals surface area contributed by atoms with Crippen LogP contribution in [0.1, 0.15) is 51.9 Å². The van der Waals surface area contributed by atoms with Gasteiger partial charge in [-0.1, -0.05) is 19.8 Å². The minimum atomic E-state index is 0.826. The second kappa shape index (κ2) is 6.36. The second-order valence-electron chi connectivity index (χ2n) is 6.68. The molecule has 0 N–H and O–H groups in total. The highest BCUT2D eigenvalue weighted by Crippen LogP contribution is 2.35. The second-order valence-corrected chi connectivity index (χ2v) is 7.75. The van der Waals surface area contributed by atoms with Crippen molar-refractivity contribution in [3.63, 3.8) is 0 Å². The number of fused-ring (bicyclic) bond motifs is 1. The van der Waals surface area contributed by atoms with E-state index in [0.29, 0.717) is 0 Å². The van der Waals surface area contributed by atoms with Crippen molar-refractivity contribution < 1.29 is 0 Å². The van der Waals surface area contributed by atoms with E-state index < -0.39 is 0 Å². The maximum atomic E-state index is 2.94. The number of rotatable bonds is 3. The van der Waals surface area contributed by atoms with E-state index >= 15 is 0 Å². The molecule has 2 aliphatic heterocycles. The van der Waals surface area contributed by atoms with Crippen LogP contribution in [0.25, 0.3) is 0 Å². The molecule has 2 heterocycles. The maximum Gasteiger partial charge on any atom is 0.0224 e. The monoisotopic (exact) mass is 282 g/mol. The molecular weight excluding hydrogens is 252 g/mol. The smallest absolute Gasteiger partial charge is 0.0224 e. The highest BCUT2D eigenvalue weighted by atomic mass is 32.2. The van der Waals surface area contributed by atoms with Crippen molar-refractivity contribution in [2.45, 2.75) is 75.2 Å². The topological polar surface area (TPSA) is 6.48 Å². The van der Waals surface area contributed by atoms with Gasteiger partial charge in [0.25, 0.3) is 0 Å². The van der Waals surface area contributed by atoms with Gasteiger partial charge < -0.3 is 0 Å². The number of piperazine rings is 1. The first kappa shape index (κ1) is 14.2. The van der Waals surface area contributed by atoms with Crippen molar-refractivity contribution in [2.24, 2.45) is 0 Å². The molecule has 0 bridgehead atoms. The van der Waals surface area contributed by atoms with Crippen LogP contribution in [0, 0.1) is 0 Å². The van der Waals surface area contributed by atoms with E-state index in [2.05, 4.69) is 34.7 Å². The first-order chi connectivity index (χ1) is 9.33. The van der Waals surface area contributed by atoms with Crippen molar-refractivity contribution >= 4 is 11.8 Å². The zero-order valence-electron chi connectivity index (χ0n) is 12.7. The normalized spacial score (nSPS) is 41.4. The Morgan fingerprint density at radius 1 is 1.05 bits per heavy atom. The molecule has 110 valence electrons. The lowest BCUT2D eigenvalue weighted by Crippen LogP contribution is -2.61. The van der Waals surface area contributed by atoms with Gasteiger partial charge in [-0.3, -0.25) is 9.80 Å². The molecule has 0 spiro atoms. The fourth-order valence-electron chi connectivity index (χ4n) is 4.61. The van der Waals surface area contributed by atoms with Crippen LogP contribution in [0.4, 0.5) is 0 Å². The lowest BCUT2D eigenvalue weighted by molar-refractivity contribution is 0.00937. The summed E-state index contributed by atoms with van der Waals surface area (Å²) in [5.41, 5.74) is 0. The molecule has 0 aromatic carbocycles. The summed E-state index contributed by atoms with van der Waals surface area (Å²) in [5.74, 6) is 0. The van der Waals surface area contributed by atoms with Gasteiger partial charge in [-0.15, -0.1) is 0 Å². The van der Waals surface area contributed by atoms with Crippen molar-refractivity contribution in [3.8, 4) is 0 Å². The summed E-state index contributed by atoms with van der Waals surface area (Å²) in [6.07, 6.45) is 12.4. The maximum absolute atomic E-state index is 2.94. The summed E-state index contributed by atoms with van der Waals surface area (Å²) >= 11 is 2.13. The van der Waals surface area contributed by atoms with Crippen molar-refractivity contribution in [3.05, 3.63) is 0 Å². The summed E-state index contributed by atoms with van der Waals surface area (Å²) in [6, 6.07) is 2.58. The van der Waals surface area contributed by atoms with E-state index in [1.165, 1.54) is 64.6 Å². The van der Waals surface area contributed by atoms with Crippen LogP contribution >= 0.6 is 11.8 Å². The fourth-order valence-corrected chi connectivity index (χ4v) is 5.62. The molecule has 3 heteroatoms. The first-order valence-corrected chi connectivity index (χ1v) is 9.65. The van der Waals surface area contributed by atoms with Gasteiger partial charge in [-0.2, -0.15) is 11.8 Å². The van der Waals surface area contributed by atoms with Gasteiger partial charge in [-0.05, 0) is 44.9 Å². The molecule has 0 amide bonds. The zero-order chi connectivity index (χ0) is 13.2. The SMILES string of the molecule is CCC1CN2CCCC2CN1C1CCCCC1SC. The van der Waals surface area contributed by atoms with E-state index in [9.17, 15) is 0 Å². The molecule has 2 saturated heterocycles. The predicted molar refractivity (Wildman–Crippen MR) is 84.9 cm³/mol. The third kappa shape index (κ3) is 2.84. The van der Waals surface area contributed by atoms with Crippen molar-refractivity contribution in [2.75, 3.05) is 25.9 Å². The molecule has 19 heavy (non-hydrogen) atoms. The summed E-state index contributed by atoms with van der Waals surface area (Å²) < 4.78 is 0. The Kier molecular flexibility index (Phi) is 4.76. The van der Waals surface area contributed by atoms with Gasteiger partial charge in [0.1, 0.15) is 0 Å². The molecule has 3 fully saturated rings. The highest BCUT2D eigenvalue weighted by Gasteiger charge is 2.40. The van der Waals surface area contributed by atoms with Crippen LogP contribution in [-0.2, 0) is 0 Å². The Labute approximate surface area is 123 Å². The minimum Gasteiger partial charge on any atom is -0.298 e. The predicted octanol–water partition coefficient (Wildman–Crippen LogP) is 3.22. The molecule has 1 aliphatic carbocycles. The lowest BCUT2D eigenvalue weighted by atomic mass is 9.90. The average molecular weight is 282 g/mol. The summed E-state index contributed by atoms with van der Waals surface area (Å²) in [7, 11) is 0. The summed E-state index contributed by atoms with van der Waals surface area (Å²) in [4.78, 5) is 5.72. The highest BCUT2D eigenvalue weighted by molar-refractivity contribution is 7.99. The Morgan fingerprint density at radius 3 is 2.68 bits per heavy atom. The van der Waals surface area contributed by atoms with E-state index in [0.717, 1.165) is 23.4 Å². The Bertz CT molecular complexity index is 296. The van der Waals surface area contributed by atoms with E-state index in [1.54, 1.807) is 0 Å². The summed E-state index contributed by atoms with van der Waals surface area (Å²) in [6.45, 7) is 6.47. The van der Waals surface area contributed by atoms with Crippen LogP contribution in [0.2, 0.25) is 0 Å². The van der Waals surface area contributed by atoms with Gasteiger partial charge >= 0.3 is 0 Å². The third-order valence-electron chi connectivity index (χ3n) is 5.70. The molecule has 3 aliphatic rings. The van der Waals surface area contributed by atoms with Gasteiger partial charge in [0.2, 0.25) is 0 Å². The lowest BCUT2D eigenvalue weighted by Gasteiger charge is -2.50. The van der Waals surface area contributed by atoms with Gasteiger partial charge in [-0.25, -0.2) is 0 Å². The van der Waals surface area contributed by atoms with Crippen LogP contribution in [0.5, 0.6) is 0 Å². The van der Waals surface area contributed by atoms with Crippen LogP contribution < -0.4 is 0 Å². The Balaban J connectivity index is 1.72. The molecule has 0 aromatic rings. The van der Waals surface area contributed by atoms with Gasteiger partial charge in [0.05, 0.1) is 0 Å². The Morgan fingerprint density at radius 2 is 1.89 bits per heavy atom. The minimum absolute atomic E-state index is 0.826. The molecular formula is C16H30N2S. The number of hydrogen-bond donors (Lipinski definition) is 0. The average Bonchev–Trinajstić information content (AvgIpc) is 2.93. The van der Waals surface area contributed by atoms with E-state index in [4.69, 9.17) is 0 Å². The van der Waals surface area contributed by atoms with Gasteiger partial charge in [0, 0.05) is 36.5 Å². The molecule has 2 nitrogen and oxygen atoms in total. The molecule has 0 radical (unpaired) electrons. The molecule has 4 unspecified atom stereocenters. The molecule has 4 atom stereocenters. The third-order valence-corrected chi connectivity index (χ3v) is 6.86. The molecule has 0 aromatic heterocycles. The number of hydrogen-bond acceptors (Lipinski definition) is 3. The van der Waals surface area contributed by atoms with Gasteiger partial charge in [0.15, 0.2) is 0 Å². The fraction of sp³-hybridized carbons (Fsp3) is 1.00. The Hall–Kier alpha value is 0.270. The summed E-state index contributed by atoms with van der Waals surface area (Å²) in [5, 5.41) is 0.899. The van der Waals surface area contributed by atoms with Crippen LogP contribution in [0.15, 0.2) is 0 Å². The van der Waals surface area contributed by atoms with Crippen LogP contribution in [-0.4, -0.2) is 59.1 Å². The van der Waals surface area contributed by atoms with Crippen LogP contribution in [0.3, 0.4) is 0 Å².